The van der Waals surface area contributed by atoms with E-state index in [2.05, 4.69) is 0 Å². The van der Waals surface area contributed by atoms with Crippen LogP contribution in [0.3, 0.4) is 0 Å². The average Bonchev–Trinajstić information content (AvgIpc) is 2.01. The number of hydrogen-bond donors (Lipinski definition) is 1. The van der Waals surface area contributed by atoms with E-state index >= 15 is 0 Å². The molecule has 0 amide bonds. The molecule has 0 fully saturated rings. The molecule has 0 saturated carbocycles. The van der Waals surface area contributed by atoms with Crippen molar-refractivity contribution in [3.8, 4) is 0 Å². The standard InChI is InChI=1S/C9H11FO3S/c1-7(6-14(11,12)13)8-4-2-3-5-9(8)10/h2-5,7H,6H2,1H3,(H,11,12,13). The summed E-state index contributed by atoms with van der Waals surface area (Å²) in [4.78, 5) is 0. The molecule has 0 aliphatic carbocycles. The van der Waals surface area contributed by atoms with Gasteiger partial charge in [-0.1, -0.05) is 25.1 Å². The van der Waals surface area contributed by atoms with Crippen LogP contribution in [0.2, 0.25) is 0 Å². The molecule has 0 aliphatic heterocycles. The van der Waals surface area contributed by atoms with E-state index in [-0.39, 0.29) is 0 Å². The van der Waals surface area contributed by atoms with Crippen molar-refractivity contribution in [2.24, 2.45) is 0 Å². The van der Waals surface area contributed by atoms with Crippen LogP contribution in [0.15, 0.2) is 24.3 Å². The third-order valence-corrected chi connectivity index (χ3v) is 2.82. The van der Waals surface area contributed by atoms with Crippen molar-refractivity contribution in [1.29, 1.82) is 0 Å². The molecule has 1 aromatic carbocycles. The Hall–Kier alpha value is -0.940. The SMILES string of the molecule is CC(CS(=O)(=O)O)c1ccccc1F. The summed E-state index contributed by atoms with van der Waals surface area (Å²) in [7, 11) is -4.05. The van der Waals surface area contributed by atoms with Crippen molar-refractivity contribution >= 4 is 10.1 Å². The molecular formula is C9H11FO3S. The Morgan fingerprint density at radius 2 is 2.00 bits per heavy atom. The second-order valence-electron chi connectivity index (χ2n) is 3.17. The first-order valence-electron chi connectivity index (χ1n) is 4.10. The summed E-state index contributed by atoms with van der Waals surface area (Å²) in [6.07, 6.45) is 0. The lowest BCUT2D eigenvalue weighted by molar-refractivity contribution is 0.477. The molecule has 1 atom stereocenters. The minimum atomic E-state index is -4.05. The van der Waals surface area contributed by atoms with Crippen molar-refractivity contribution in [1.82, 2.24) is 0 Å². The Morgan fingerprint density at radius 1 is 1.43 bits per heavy atom. The van der Waals surface area contributed by atoms with Gasteiger partial charge >= 0.3 is 0 Å². The van der Waals surface area contributed by atoms with Gasteiger partial charge < -0.3 is 0 Å². The maximum absolute atomic E-state index is 13.1. The van der Waals surface area contributed by atoms with Crippen LogP contribution in [0, 0.1) is 5.82 Å². The maximum atomic E-state index is 13.1. The van der Waals surface area contributed by atoms with E-state index in [1.807, 2.05) is 0 Å². The zero-order chi connectivity index (χ0) is 10.8. The molecule has 0 aromatic heterocycles. The van der Waals surface area contributed by atoms with Crippen LogP contribution >= 0.6 is 0 Å². The Labute approximate surface area is 82.3 Å². The van der Waals surface area contributed by atoms with Crippen LogP contribution in [0.25, 0.3) is 0 Å². The first kappa shape index (κ1) is 11.1. The van der Waals surface area contributed by atoms with E-state index < -0.39 is 27.6 Å². The fraction of sp³-hybridized carbons (Fsp3) is 0.333. The van der Waals surface area contributed by atoms with Crippen molar-refractivity contribution in [3.05, 3.63) is 35.6 Å². The number of rotatable bonds is 3. The fourth-order valence-corrected chi connectivity index (χ4v) is 2.09. The summed E-state index contributed by atoms with van der Waals surface area (Å²) < 4.78 is 42.8. The Kier molecular flexibility index (Phi) is 3.23. The molecule has 0 heterocycles. The quantitative estimate of drug-likeness (QED) is 0.787. The van der Waals surface area contributed by atoms with Gasteiger partial charge in [-0.05, 0) is 11.6 Å². The largest absolute Gasteiger partial charge is 0.286 e. The Bertz CT molecular complexity index is 414. The number of halogens is 1. The molecule has 0 aliphatic rings. The van der Waals surface area contributed by atoms with Gasteiger partial charge in [-0.25, -0.2) is 4.39 Å². The van der Waals surface area contributed by atoms with Crippen molar-refractivity contribution in [2.45, 2.75) is 12.8 Å². The minimum absolute atomic E-state index is 0.296. The molecule has 0 radical (unpaired) electrons. The summed E-state index contributed by atoms with van der Waals surface area (Å²) >= 11 is 0. The van der Waals surface area contributed by atoms with Crippen LogP contribution in [-0.4, -0.2) is 18.7 Å². The molecule has 1 N–H and O–H groups in total. The second-order valence-corrected chi connectivity index (χ2v) is 4.67. The molecule has 78 valence electrons. The Morgan fingerprint density at radius 3 is 2.50 bits per heavy atom. The molecule has 14 heavy (non-hydrogen) atoms. The summed E-state index contributed by atoms with van der Waals surface area (Å²) in [5.74, 6) is -1.47. The molecule has 0 saturated heterocycles. The molecule has 1 unspecified atom stereocenters. The number of benzene rings is 1. The summed E-state index contributed by atoms with van der Waals surface area (Å²) in [5, 5.41) is 0. The highest BCUT2D eigenvalue weighted by atomic mass is 32.2. The summed E-state index contributed by atoms with van der Waals surface area (Å²) in [6, 6.07) is 5.92. The molecule has 0 bridgehead atoms. The van der Waals surface area contributed by atoms with Crippen LogP contribution in [-0.2, 0) is 10.1 Å². The van der Waals surface area contributed by atoms with Gasteiger partial charge in [-0.15, -0.1) is 0 Å². The topological polar surface area (TPSA) is 54.4 Å². The molecule has 0 spiro atoms. The average molecular weight is 218 g/mol. The van der Waals surface area contributed by atoms with E-state index in [1.54, 1.807) is 13.0 Å². The fourth-order valence-electron chi connectivity index (χ4n) is 1.28. The summed E-state index contributed by atoms with van der Waals surface area (Å²) in [5.41, 5.74) is 0.296. The van der Waals surface area contributed by atoms with Gasteiger partial charge in [0.15, 0.2) is 0 Å². The predicted octanol–water partition coefficient (Wildman–Crippen LogP) is 1.82. The first-order valence-corrected chi connectivity index (χ1v) is 5.70. The highest BCUT2D eigenvalue weighted by Gasteiger charge is 2.16. The highest BCUT2D eigenvalue weighted by Crippen LogP contribution is 2.19. The van der Waals surface area contributed by atoms with Gasteiger partial charge in [0.05, 0.1) is 5.75 Å². The molecular weight excluding hydrogens is 207 g/mol. The van der Waals surface area contributed by atoms with Crippen LogP contribution < -0.4 is 0 Å². The highest BCUT2D eigenvalue weighted by molar-refractivity contribution is 7.85. The van der Waals surface area contributed by atoms with E-state index in [1.165, 1.54) is 18.2 Å². The smallest absolute Gasteiger partial charge is 0.265 e. The van der Waals surface area contributed by atoms with E-state index in [9.17, 15) is 12.8 Å². The van der Waals surface area contributed by atoms with Crippen LogP contribution in [0.5, 0.6) is 0 Å². The second kappa shape index (κ2) is 4.06. The minimum Gasteiger partial charge on any atom is -0.286 e. The van der Waals surface area contributed by atoms with E-state index in [0.717, 1.165) is 0 Å². The van der Waals surface area contributed by atoms with E-state index in [4.69, 9.17) is 4.55 Å². The third-order valence-electron chi connectivity index (χ3n) is 1.90. The molecule has 3 nitrogen and oxygen atoms in total. The first-order chi connectivity index (χ1) is 6.40. The monoisotopic (exact) mass is 218 g/mol. The normalized spacial score (nSPS) is 13.9. The summed E-state index contributed by atoms with van der Waals surface area (Å²) in [6.45, 7) is 1.55. The van der Waals surface area contributed by atoms with Gasteiger partial charge in [0.2, 0.25) is 0 Å². The molecule has 1 rings (SSSR count). The van der Waals surface area contributed by atoms with E-state index in [0.29, 0.717) is 5.56 Å². The van der Waals surface area contributed by atoms with Gasteiger partial charge in [0, 0.05) is 5.92 Å². The Balaban J connectivity index is 2.90. The molecule has 5 heteroatoms. The zero-order valence-corrected chi connectivity index (χ0v) is 8.46. The lowest BCUT2D eigenvalue weighted by Gasteiger charge is -2.10. The van der Waals surface area contributed by atoms with Gasteiger partial charge in [0.25, 0.3) is 10.1 Å². The van der Waals surface area contributed by atoms with Gasteiger partial charge in [-0.3, -0.25) is 4.55 Å². The number of hydrogen-bond acceptors (Lipinski definition) is 2. The maximum Gasteiger partial charge on any atom is 0.265 e. The lowest BCUT2D eigenvalue weighted by Crippen LogP contribution is -2.12. The van der Waals surface area contributed by atoms with Crippen molar-refractivity contribution < 1.29 is 17.4 Å². The van der Waals surface area contributed by atoms with Crippen LogP contribution in [0.1, 0.15) is 18.4 Å². The third kappa shape index (κ3) is 3.08. The predicted molar refractivity (Wildman–Crippen MR) is 51.2 cm³/mol. The van der Waals surface area contributed by atoms with Crippen LogP contribution in [0.4, 0.5) is 4.39 Å². The van der Waals surface area contributed by atoms with Crippen molar-refractivity contribution in [3.63, 3.8) is 0 Å². The zero-order valence-electron chi connectivity index (χ0n) is 7.64. The van der Waals surface area contributed by atoms with Gasteiger partial charge in [0.1, 0.15) is 5.82 Å². The van der Waals surface area contributed by atoms with Crippen molar-refractivity contribution in [2.75, 3.05) is 5.75 Å². The molecule has 1 aromatic rings. The van der Waals surface area contributed by atoms with Gasteiger partial charge in [-0.2, -0.15) is 8.42 Å². The lowest BCUT2D eigenvalue weighted by atomic mass is 10.0.